The van der Waals surface area contributed by atoms with Crippen LogP contribution in [0.4, 0.5) is 10.5 Å². The van der Waals surface area contributed by atoms with Gasteiger partial charge in [0.15, 0.2) is 0 Å². The lowest BCUT2D eigenvalue weighted by molar-refractivity contribution is 0.00162. The van der Waals surface area contributed by atoms with E-state index in [1.54, 1.807) is 17.1 Å². The van der Waals surface area contributed by atoms with Crippen molar-refractivity contribution in [1.29, 1.82) is 0 Å². The molecule has 0 aromatic carbocycles. The maximum absolute atomic E-state index is 12.3. The molecule has 1 aromatic heterocycles. The molecular formula is C14H24N4O2. The van der Waals surface area contributed by atoms with Gasteiger partial charge in [-0.05, 0) is 25.7 Å². The molecule has 20 heavy (non-hydrogen) atoms. The van der Waals surface area contributed by atoms with Gasteiger partial charge in [0.1, 0.15) is 0 Å². The number of anilines is 1. The van der Waals surface area contributed by atoms with Crippen molar-refractivity contribution in [3.8, 4) is 0 Å². The van der Waals surface area contributed by atoms with Gasteiger partial charge in [0.05, 0.1) is 18.0 Å². The molecule has 6 nitrogen and oxygen atoms in total. The summed E-state index contributed by atoms with van der Waals surface area (Å²) in [7, 11) is 1.83. The molecule has 0 bridgehead atoms. The maximum atomic E-state index is 12.3. The van der Waals surface area contributed by atoms with Crippen molar-refractivity contribution < 1.29 is 9.53 Å². The Morgan fingerprint density at radius 3 is 3.05 bits per heavy atom. The van der Waals surface area contributed by atoms with E-state index in [-0.39, 0.29) is 12.1 Å². The minimum absolute atomic E-state index is 0.0750. The van der Waals surface area contributed by atoms with Crippen LogP contribution >= 0.6 is 0 Å². The van der Waals surface area contributed by atoms with Crippen LogP contribution in [0.25, 0.3) is 0 Å². The number of carbonyl (C=O) groups is 1. The molecule has 112 valence electrons. The summed E-state index contributed by atoms with van der Waals surface area (Å²) < 4.78 is 7.39. The van der Waals surface area contributed by atoms with E-state index in [1.165, 1.54) is 6.42 Å². The molecule has 2 amide bonds. The third kappa shape index (κ3) is 4.23. The van der Waals surface area contributed by atoms with E-state index in [2.05, 4.69) is 17.3 Å². The SMILES string of the molecule is CCCN(CC1CCCCO1)C(=O)Nc1cnn(C)c1. The van der Waals surface area contributed by atoms with Gasteiger partial charge >= 0.3 is 6.03 Å². The number of amides is 2. The Hall–Kier alpha value is -1.56. The van der Waals surface area contributed by atoms with Crippen molar-refractivity contribution in [3.63, 3.8) is 0 Å². The smallest absolute Gasteiger partial charge is 0.322 e. The summed E-state index contributed by atoms with van der Waals surface area (Å²) in [5.41, 5.74) is 0.725. The van der Waals surface area contributed by atoms with Crippen molar-refractivity contribution in [1.82, 2.24) is 14.7 Å². The topological polar surface area (TPSA) is 59.4 Å². The number of nitrogens with one attached hydrogen (secondary N) is 1. The molecule has 0 radical (unpaired) electrons. The van der Waals surface area contributed by atoms with Crippen LogP contribution in [0.2, 0.25) is 0 Å². The number of ether oxygens (including phenoxy) is 1. The zero-order valence-corrected chi connectivity index (χ0v) is 12.3. The third-order valence-corrected chi connectivity index (χ3v) is 3.43. The van der Waals surface area contributed by atoms with Gasteiger partial charge in [0.2, 0.25) is 0 Å². The van der Waals surface area contributed by atoms with Crippen molar-refractivity contribution in [2.24, 2.45) is 7.05 Å². The number of hydrogen-bond donors (Lipinski definition) is 1. The zero-order valence-electron chi connectivity index (χ0n) is 12.3. The number of nitrogens with zero attached hydrogens (tertiary/aromatic N) is 3. The number of aryl methyl sites for hydroxylation is 1. The van der Waals surface area contributed by atoms with Crippen LogP contribution in [-0.4, -0.2) is 46.5 Å². The quantitative estimate of drug-likeness (QED) is 0.899. The van der Waals surface area contributed by atoms with Crippen molar-refractivity contribution in [3.05, 3.63) is 12.4 Å². The molecule has 1 aliphatic heterocycles. The highest BCUT2D eigenvalue weighted by molar-refractivity contribution is 5.89. The first kappa shape index (κ1) is 14.8. The second-order valence-corrected chi connectivity index (χ2v) is 5.27. The van der Waals surface area contributed by atoms with E-state index in [1.807, 2.05) is 11.9 Å². The largest absolute Gasteiger partial charge is 0.376 e. The molecule has 1 aliphatic rings. The lowest BCUT2D eigenvalue weighted by Crippen LogP contribution is -2.42. The summed E-state index contributed by atoms with van der Waals surface area (Å²) >= 11 is 0. The number of aromatic nitrogens is 2. The zero-order chi connectivity index (χ0) is 14.4. The van der Waals surface area contributed by atoms with Crippen molar-refractivity contribution >= 4 is 11.7 Å². The minimum atomic E-state index is -0.0750. The van der Waals surface area contributed by atoms with Gasteiger partial charge in [-0.1, -0.05) is 6.92 Å². The molecule has 2 rings (SSSR count). The number of carbonyl (C=O) groups excluding carboxylic acids is 1. The average Bonchev–Trinajstić information content (AvgIpc) is 2.85. The van der Waals surface area contributed by atoms with Crippen LogP contribution in [0.15, 0.2) is 12.4 Å². The highest BCUT2D eigenvalue weighted by atomic mass is 16.5. The molecule has 1 unspecified atom stereocenters. The fourth-order valence-electron chi connectivity index (χ4n) is 2.43. The first-order chi connectivity index (χ1) is 9.69. The first-order valence-electron chi connectivity index (χ1n) is 7.35. The second kappa shape index (κ2) is 7.28. The molecule has 1 saturated heterocycles. The second-order valence-electron chi connectivity index (χ2n) is 5.27. The van der Waals surface area contributed by atoms with Crippen LogP contribution in [0.5, 0.6) is 0 Å². The molecule has 1 aromatic rings. The van der Waals surface area contributed by atoms with E-state index in [0.717, 1.165) is 38.1 Å². The van der Waals surface area contributed by atoms with Crippen LogP contribution in [0, 0.1) is 0 Å². The Morgan fingerprint density at radius 2 is 2.45 bits per heavy atom. The van der Waals surface area contributed by atoms with Gasteiger partial charge in [-0.3, -0.25) is 4.68 Å². The highest BCUT2D eigenvalue weighted by Gasteiger charge is 2.21. The average molecular weight is 280 g/mol. The molecular weight excluding hydrogens is 256 g/mol. The normalized spacial score (nSPS) is 18.8. The van der Waals surface area contributed by atoms with E-state index < -0.39 is 0 Å². The first-order valence-corrected chi connectivity index (χ1v) is 7.35. The highest BCUT2D eigenvalue weighted by Crippen LogP contribution is 2.15. The van der Waals surface area contributed by atoms with Gasteiger partial charge in [-0.15, -0.1) is 0 Å². The molecule has 0 spiro atoms. The molecule has 1 atom stereocenters. The monoisotopic (exact) mass is 280 g/mol. The van der Waals surface area contributed by atoms with Gasteiger partial charge in [-0.2, -0.15) is 5.10 Å². The predicted molar refractivity (Wildman–Crippen MR) is 77.7 cm³/mol. The molecule has 0 saturated carbocycles. The Balaban J connectivity index is 1.90. The van der Waals surface area contributed by atoms with Crippen LogP contribution in [-0.2, 0) is 11.8 Å². The number of rotatable bonds is 5. The Labute approximate surface area is 120 Å². The lowest BCUT2D eigenvalue weighted by atomic mass is 10.1. The van der Waals surface area contributed by atoms with E-state index in [4.69, 9.17) is 4.74 Å². The standard InChI is InChI=1S/C14H24N4O2/c1-3-7-18(11-13-6-4-5-8-20-13)14(19)16-12-9-15-17(2)10-12/h9-10,13H,3-8,11H2,1-2H3,(H,16,19). The summed E-state index contributed by atoms with van der Waals surface area (Å²) in [6, 6.07) is -0.0750. The van der Waals surface area contributed by atoms with E-state index >= 15 is 0 Å². The minimum Gasteiger partial charge on any atom is -0.376 e. The molecule has 2 heterocycles. The van der Waals surface area contributed by atoms with Gasteiger partial charge in [0, 0.05) is 32.9 Å². The van der Waals surface area contributed by atoms with Gasteiger partial charge < -0.3 is 15.0 Å². The van der Waals surface area contributed by atoms with Crippen molar-refractivity contribution in [2.75, 3.05) is 25.0 Å². The summed E-state index contributed by atoms with van der Waals surface area (Å²) in [6.45, 7) is 4.30. The van der Waals surface area contributed by atoms with Crippen molar-refractivity contribution in [2.45, 2.75) is 38.7 Å². The molecule has 1 fully saturated rings. The summed E-state index contributed by atoms with van der Waals surface area (Å²) in [5.74, 6) is 0. The Morgan fingerprint density at radius 1 is 1.60 bits per heavy atom. The summed E-state index contributed by atoms with van der Waals surface area (Å²) in [5, 5.41) is 6.93. The maximum Gasteiger partial charge on any atom is 0.322 e. The summed E-state index contributed by atoms with van der Waals surface area (Å²) in [6.07, 6.45) is 7.92. The summed E-state index contributed by atoms with van der Waals surface area (Å²) in [4.78, 5) is 14.1. The van der Waals surface area contributed by atoms with Crippen LogP contribution < -0.4 is 5.32 Å². The fraction of sp³-hybridized carbons (Fsp3) is 0.714. The van der Waals surface area contributed by atoms with Crippen LogP contribution in [0.1, 0.15) is 32.6 Å². The molecule has 1 N–H and O–H groups in total. The van der Waals surface area contributed by atoms with E-state index in [0.29, 0.717) is 6.54 Å². The third-order valence-electron chi connectivity index (χ3n) is 3.43. The Kier molecular flexibility index (Phi) is 5.40. The fourth-order valence-corrected chi connectivity index (χ4v) is 2.43. The van der Waals surface area contributed by atoms with Gasteiger partial charge in [0.25, 0.3) is 0 Å². The lowest BCUT2D eigenvalue weighted by Gasteiger charge is -2.29. The Bertz CT molecular complexity index is 427. The molecule has 6 heteroatoms. The van der Waals surface area contributed by atoms with Gasteiger partial charge in [-0.25, -0.2) is 4.79 Å². The van der Waals surface area contributed by atoms with Crippen LogP contribution in [0.3, 0.4) is 0 Å². The van der Waals surface area contributed by atoms with E-state index in [9.17, 15) is 4.79 Å². The molecule has 0 aliphatic carbocycles. The number of hydrogen-bond acceptors (Lipinski definition) is 3. The number of urea groups is 1. The predicted octanol–water partition coefficient (Wildman–Crippen LogP) is 2.23.